The Balaban J connectivity index is 3.34. The van der Waals surface area contributed by atoms with E-state index in [4.69, 9.17) is 5.11 Å². The fourth-order valence-corrected chi connectivity index (χ4v) is 2.48. The number of likely N-dealkylation sites (N-methyl/N-ethyl adjacent to an activating group) is 1. The van der Waals surface area contributed by atoms with Crippen LogP contribution in [0.3, 0.4) is 0 Å². The van der Waals surface area contributed by atoms with Crippen molar-refractivity contribution in [1.82, 2.24) is 4.90 Å². The van der Waals surface area contributed by atoms with Crippen LogP contribution in [0, 0.1) is 0 Å². The quantitative estimate of drug-likeness (QED) is 0.348. The zero-order valence-electron chi connectivity index (χ0n) is 15.1. The normalized spacial score (nSPS) is 11.0. The van der Waals surface area contributed by atoms with Crippen molar-refractivity contribution in [3.63, 3.8) is 0 Å². The lowest BCUT2D eigenvalue weighted by Gasteiger charge is -2.14. The van der Waals surface area contributed by atoms with Crippen molar-refractivity contribution in [3.8, 4) is 0 Å². The number of carboxylic acids is 1. The molecule has 0 bridgehead atoms. The van der Waals surface area contributed by atoms with E-state index in [1.54, 1.807) is 7.05 Å². The third-order valence-corrected chi connectivity index (χ3v) is 3.95. The van der Waals surface area contributed by atoms with Crippen molar-refractivity contribution in [1.29, 1.82) is 0 Å². The Labute approximate surface area is 141 Å². The third kappa shape index (κ3) is 15.4. The lowest BCUT2D eigenvalue weighted by atomic mass is 10.1. The first kappa shape index (κ1) is 21.7. The van der Waals surface area contributed by atoms with Crippen molar-refractivity contribution < 1.29 is 14.7 Å². The van der Waals surface area contributed by atoms with Crippen LogP contribution in [0.15, 0.2) is 12.2 Å². The third-order valence-electron chi connectivity index (χ3n) is 3.95. The first-order valence-corrected chi connectivity index (χ1v) is 9.18. The average Bonchev–Trinajstić information content (AvgIpc) is 2.51. The molecule has 23 heavy (non-hydrogen) atoms. The molecule has 0 aromatic heterocycles. The van der Waals surface area contributed by atoms with Gasteiger partial charge < -0.3 is 10.0 Å². The molecule has 4 heteroatoms. The van der Waals surface area contributed by atoms with Gasteiger partial charge in [-0.05, 0) is 32.1 Å². The van der Waals surface area contributed by atoms with Gasteiger partial charge in [-0.1, -0.05) is 57.6 Å². The molecule has 0 fully saturated rings. The molecule has 0 aliphatic heterocycles. The minimum Gasteiger partial charge on any atom is -0.480 e. The second-order valence-electron chi connectivity index (χ2n) is 6.27. The van der Waals surface area contributed by atoms with E-state index in [1.807, 2.05) is 0 Å². The van der Waals surface area contributed by atoms with Gasteiger partial charge in [-0.25, -0.2) is 0 Å². The lowest BCUT2D eigenvalue weighted by molar-refractivity contribution is -0.143. The highest BCUT2D eigenvalue weighted by Gasteiger charge is 2.10. The van der Waals surface area contributed by atoms with E-state index in [-0.39, 0.29) is 12.5 Å². The maximum Gasteiger partial charge on any atom is 0.323 e. The minimum atomic E-state index is -0.959. The topological polar surface area (TPSA) is 57.6 Å². The fourth-order valence-electron chi connectivity index (χ4n) is 2.48. The van der Waals surface area contributed by atoms with Crippen LogP contribution in [-0.2, 0) is 9.59 Å². The predicted molar refractivity (Wildman–Crippen MR) is 95.5 cm³/mol. The molecule has 0 heterocycles. The number of hydrogen-bond acceptors (Lipinski definition) is 2. The molecule has 0 spiro atoms. The van der Waals surface area contributed by atoms with Crippen LogP contribution in [0.5, 0.6) is 0 Å². The van der Waals surface area contributed by atoms with Gasteiger partial charge in [0, 0.05) is 13.5 Å². The lowest BCUT2D eigenvalue weighted by Crippen LogP contribution is -2.31. The number of carboxylic acid groups (broad SMARTS) is 1. The molecule has 0 radical (unpaired) electrons. The summed E-state index contributed by atoms with van der Waals surface area (Å²) in [5.74, 6) is -1.03. The monoisotopic (exact) mass is 325 g/mol. The van der Waals surface area contributed by atoms with Crippen LogP contribution < -0.4 is 0 Å². The molecule has 0 saturated heterocycles. The van der Waals surface area contributed by atoms with E-state index < -0.39 is 5.97 Å². The van der Waals surface area contributed by atoms with Crippen LogP contribution in [0.1, 0.15) is 84.0 Å². The highest BCUT2D eigenvalue weighted by molar-refractivity contribution is 5.80. The maximum absolute atomic E-state index is 11.6. The van der Waals surface area contributed by atoms with Crippen molar-refractivity contribution in [3.05, 3.63) is 12.2 Å². The maximum atomic E-state index is 11.6. The van der Waals surface area contributed by atoms with Crippen LogP contribution >= 0.6 is 0 Å². The summed E-state index contributed by atoms with van der Waals surface area (Å²) in [5.41, 5.74) is 0. The Morgan fingerprint density at radius 2 is 1.39 bits per heavy atom. The molecule has 0 aliphatic carbocycles. The second kappa shape index (κ2) is 15.6. The van der Waals surface area contributed by atoms with Gasteiger partial charge in [0.15, 0.2) is 0 Å². The Morgan fingerprint density at radius 3 is 1.96 bits per heavy atom. The Bertz CT molecular complexity index is 340. The van der Waals surface area contributed by atoms with Crippen LogP contribution in [0.4, 0.5) is 0 Å². The van der Waals surface area contributed by atoms with Gasteiger partial charge in [0.05, 0.1) is 0 Å². The average molecular weight is 325 g/mol. The fraction of sp³-hybridized carbons (Fsp3) is 0.789. The summed E-state index contributed by atoms with van der Waals surface area (Å²) in [6.45, 7) is 2.03. The molecule has 0 atom stereocenters. The number of hydrogen-bond donors (Lipinski definition) is 1. The number of rotatable bonds is 15. The van der Waals surface area contributed by atoms with E-state index in [0.29, 0.717) is 6.42 Å². The zero-order chi connectivity index (χ0) is 17.3. The minimum absolute atomic E-state index is 0.0709. The molecule has 0 rings (SSSR count). The molecule has 0 aromatic rings. The van der Waals surface area contributed by atoms with E-state index >= 15 is 0 Å². The number of amides is 1. The zero-order valence-corrected chi connectivity index (χ0v) is 15.1. The number of allylic oxidation sites excluding steroid dienone is 2. The molecule has 1 amide bonds. The SMILES string of the molecule is CCCCCC/C=C/CCCCCCCC(=O)N(C)CC(=O)O. The van der Waals surface area contributed by atoms with Gasteiger partial charge in [-0.2, -0.15) is 0 Å². The number of carbonyl (C=O) groups excluding carboxylic acids is 1. The summed E-state index contributed by atoms with van der Waals surface area (Å²) in [5, 5.41) is 8.62. The summed E-state index contributed by atoms with van der Waals surface area (Å²) >= 11 is 0. The molecule has 4 nitrogen and oxygen atoms in total. The molecule has 134 valence electrons. The van der Waals surface area contributed by atoms with Gasteiger partial charge in [-0.3, -0.25) is 9.59 Å². The number of nitrogens with zero attached hydrogens (tertiary/aromatic N) is 1. The predicted octanol–water partition coefficient (Wildman–Crippen LogP) is 4.79. The van der Waals surface area contributed by atoms with Gasteiger partial charge in [0.25, 0.3) is 0 Å². The Hall–Kier alpha value is -1.32. The van der Waals surface area contributed by atoms with Crippen LogP contribution in [-0.4, -0.2) is 35.5 Å². The molecule has 0 aromatic carbocycles. The van der Waals surface area contributed by atoms with E-state index in [1.165, 1.54) is 49.8 Å². The Kier molecular flexibility index (Phi) is 14.7. The molecule has 1 N–H and O–H groups in total. The number of aliphatic carboxylic acids is 1. The van der Waals surface area contributed by atoms with Gasteiger partial charge in [0.2, 0.25) is 5.91 Å². The highest BCUT2D eigenvalue weighted by Crippen LogP contribution is 2.09. The second-order valence-corrected chi connectivity index (χ2v) is 6.27. The molecular weight excluding hydrogens is 290 g/mol. The van der Waals surface area contributed by atoms with Crippen molar-refractivity contribution in [2.75, 3.05) is 13.6 Å². The van der Waals surface area contributed by atoms with Crippen LogP contribution in [0.2, 0.25) is 0 Å². The molecular formula is C19H35NO3. The van der Waals surface area contributed by atoms with Gasteiger partial charge >= 0.3 is 5.97 Å². The van der Waals surface area contributed by atoms with Gasteiger partial charge in [-0.15, -0.1) is 0 Å². The van der Waals surface area contributed by atoms with Crippen molar-refractivity contribution in [2.45, 2.75) is 84.0 Å². The highest BCUT2D eigenvalue weighted by atomic mass is 16.4. The van der Waals surface area contributed by atoms with E-state index in [2.05, 4.69) is 19.1 Å². The largest absolute Gasteiger partial charge is 0.480 e. The standard InChI is InChI=1S/C19H35NO3/c1-3-4-5-6-7-8-9-10-11-12-13-14-15-16-18(21)20(2)17-19(22)23/h8-9H,3-7,10-17H2,1-2H3,(H,22,23)/b9-8+. The summed E-state index contributed by atoms with van der Waals surface area (Å²) in [6, 6.07) is 0. The first-order valence-electron chi connectivity index (χ1n) is 9.18. The van der Waals surface area contributed by atoms with E-state index in [0.717, 1.165) is 25.7 Å². The molecule has 0 saturated carbocycles. The number of unbranched alkanes of at least 4 members (excludes halogenated alkanes) is 9. The summed E-state index contributed by atoms with van der Waals surface area (Å²) in [4.78, 5) is 23.4. The molecule has 0 unspecified atom stereocenters. The summed E-state index contributed by atoms with van der Waals surface area (Å²) in [6.07, 6.45) is 18.2. The van der Waals surface area contributed by atoms with Crippen molar-refractivity contribution >= 4 is 11.9 Å². The van der Waals surface area contributed by atoms with E-state index in [9.17, 15) is 9.59 Å². The van der Waals surface area contributed by atoms with Gasteiger partial charge in [0.1, 0.15) is 6.54 Å². The smallest absolute Gasteiger partial charge is 0.323 e. The summed E-state index contributed by atoms with van der Waals surface area (Å²) in [7, 11) is 1.55. The first-order chi connectivity index (χ1) is 11.1. The van der Waals surface area contributed by atoms with Crippen LogP contribution in [0.25, 0.3) is 0 Å². The summed E-state index contributed by atoms with van der Waals surface area (Å²) < 4.78 is 0. The molecule has 0 aliphatic rings. The number of carbonyl (C=O) groups is 2. The Morgan fingerprint density at radius 1 is 0.870 bits per heavy atom. The van der Waals surface area contributed by atoms with Crippen molar-refractivity contribution in [2.24, 2.45) is 0 Å².